The van der Waals surface area contributed by atoms with Crippen LogP contribution >= 0.6 is 0 Å². The highest BCUT2D eigenvalue weighted by molar-refractivity contribution is 5.91. The Balaban J connectivity index is 0.000000735. The summed E-state index contributed by atoms with van der Waals surface area (Å²) >= 11 is 0. The van der Waals surface area contributed by atoms with Crippen LogP contribution in [-0.2, 0) is 11.3 Å². The first-order valence-electron chi connectivity index (χ1n) is 11.6. The van der Waals surface area contributed by atoms with Gasteiger partial charge in [-0.05, 0) is 50.9 Å². The van der Waals surface area contributed by atoms with Crippen molar-refractivity contribution >= 4 is 35.4 Å². The number of halogens is 5. The van der Waals surface area contributed by atoms with Crippen molar-refractivity contribution < 1.29 is 26.7 Å². The van der Waals surface area contributed by atoms with E-state index in [0.29, 0.717) is 22.8 Å². The van der Waals surface area contributed by atoms with Crippen molar-refractivity contribution in [2.75, 3.05) is 32.8 Å². The maximum absolute atomic E-state index is 13.1. The summed E-state index contributed by atoms with van der Waals surface area (Å²) in [5, 5.41) is 2.80. The summed E-state index contributed by atoms with van der Waals surface area (Å²) in [7, 11) is 4.74. The second kappa shape index (κ2) is 16.9. The molecule has 0 heterocycles. The molecule has 38 heavy (non-hydrogen) atoms. The number of alkyl halides is 3. The Morgan fingerprint density at radius 1 is 1.08 bits per heavy atom. The Labute approximate surface area is 221 Å². The van der Waals surface area contributed by atoms with Crippen LogP contribution in [0.3, 0.4) is 0 Å². The maximum Gasteiger partial charge on any atom is 0.429 e. The average Bonchev–Trinajstić information content (AvgIpc) is 2.88. The first-order valence-corrected chi connectivity index (χ1v) is 11.6. The Morgan fingerprint density at radius 3 is 2.13 bits per heavy atom. The molecule has 2 rings (SSSR count). The van der Waals surface area contributed by atoms with Gasteiger partial charge in [0.15, 0.2) is 0 Å². The predicted molar refractivity (Wildman–Crippen MR) is 148 cm³/mol. The van der Waals surface area contributed by atoms with Crippen LogP contribution in [0.5, 0.6) is 0 Å². The van der Waals surface area contributed by atoms with Gasteiger partial charge < -0.3 is 15.0 Å². The maximum atomic E-state index is 13.1. The second-order valence-electron chi connectivity index (χ2n) is 7.45. The number of ether oxygens (including phenoxy) is 1. The zero-order chi connectivity index (χ0) is 29.5. The van der Waals surface area contributed by atoms with E-state index >= 15 is 0 Å². The molecule has 2 aromatic rings. The number of hydrogen-bond acceptors (Lipinski definition) is 5. The quantitative estimate of drug-likeness (QED) is 0.167. The van der Waals surface area contributed by atoms with Crippen LogP contribution < -0.4 is 10.2 Å². The lowest BCUT2D eigenvalue weighted by Gasteiger charge is -2.20. The van der Waals surface area contributed by atoms with Crippen LogP contribution in [0.2, 0.25) is 0 Å². The van der Waals surface area contributed by atoms with Crippen LogP contribution in [0.15, 0.2) is 58.0 Å². The van der Waals surface area contributed by atoms with Crippen LogP contribution in [0.25, 0.3) is 5.76 Å². The number of benzene rings is 2. The summed E-state index contributed by atoms with van der Waals surface area (Å²) in [5.74, 6) is -0.0902. The fourth-order valence-corrected chi connectivity index (χ4v) is 2.69. The van der Waals surface area contributed by atoms with Gasteiger partial charge in [-0.15, -0.1) is 0 Å². The molecular formula is C27H36F5N5O. The van der Waals surface area contributed by atoms with Crippen LogP contribution in [0, 0.1) is 11.6 Å². The summed E-state index contributed by atoms with van der Waals surface area (Å²) in [6, 6.07) is 8.65. The lowest BCUT2D eigenvalue weighted by Crippen LogP contribution is -2.20. The van der Waals surface area contributed by atoms with Gasteiger partial charge in [0, 0.05) is 31.8 Å². The normalized spacial score (nSPS) is 11.4. The highest BCUT2D eigenvalue weighted by Gasteiger charge is 2.32. The summed E-state index contributed by atoms with van der Waals surface area (Å²) in [5.41, 5.74) is 0.324. The SMILES string of the molecule is C=NCN(C)c1ccc(C(=C)OC)cc1N=C(C)C(F)(F)F.CC.CN=C(C)NCc1c(F)cccc1F. The van der Waals surface area contributed by atoms with Crippen molar-refractivity contribution in [3.05, 3.63) is 65.7 Å². The number of nitrogens with zero attached hydrogens (tertiary/aromatic N) is 4. The standard InChI is InChI=1S/C15H18F3N3O.C10H12F2N2.C2H6/c1-10(22-5)12-6-7-14(21(4)9-19-3)13(8-12)20-11(2)15(16,17)18;1-7(13-2)14-6-8-9(11)4-3-5-10(8)12;1-2/h6-8H,1,3,9H2,2,4-5H3;3-5H,6H2,1-2H3,(H,13,14);1-2H3. The predicted octanol–water partition coefficient (Wildman–Crippen LogP) is 7.18. The molecule has 0 bridgehead atoms. The summed E-state index contributed by atoms with van der Waals surface area (Å²) < 4.78 is 69.4. The number of methoxy groups -OCH3 is 1. The number of rotatable bonds is 8. The van der Waals surface area contributed by atoms with Gasteiger partial charge in [-0.3, -0.25) is 9.98 Å². The minimum Gasteiger partial charge on any atom is -0.497 e. The van der Waals surface area contributed by atoms with Gasteiger partial charge in [-0.1, -0.05) is 26.5 Å². The molecule has 210 valence electrons. The molecule has 0 saturated heterocycles. The monoisotopic (exact) mass is 541 g/mol. The number of anilines is 1. The molecule has 11 heteroatoms. The minimum atomic E-state index is -4.49. The lowest BCUT2D eigenvalue weighted by atomic mass is 10.1. The third-order valence-electron chi connectivity index (χ3n) is 4.88. The highest BCUT2D eigenvalue weighted by atomic mass is 19.4. The molecule has 0 radical (unpaired) electrons. The smallest absolute Gasteiger partial charge is 0.429 e. The lowest BCUT2D eigenvalue weighted by molar-refractivity contribution is -0.0591. The molecule has 6 nitrogen and oxygen atoms in total. The van der Waals surface area contributed by atoms with E-state index in [9.17, 15) is 22.0 Å². The van der Waals surface area contributed by atoms with Crippen molar-refractivity contribution in [2.45, 2.75) is 40.4 Å². The van der Waals surface area contributed by atoms with Gasteiger partial charge in [0.05, 0.1) is 24.3 Å². The van der Waals surface area contributed by atoms with Crippen molar-refractivity contribution in [3.63, 3.8) is 0 Å². The second-order valence-corrected chi connectivity index (χ2v) is 7.45. The van der Waals surface area contributed by atoms with E-state index in [1.165, 1.54) is 31.4 Å². The van der Waals surface area contributed by atoms with Crippen molar-refractivity contribution in [2.24, 2.45) is 15.0 Å². The number of nitrogens with one attached hydrogen (secondary N) is 1. The fraction of sp³-hybridized carbons (Fsp3) is 0.370. The van der Waals surface area contributed by atoms with Crippen LogP contribution in [0.4, 0.5) is 33.3 Å². The molecule has 0 aromatic heterocycles. The molecule has 0 fully saturated rings. The number of amidine groups is 1. The molecule has 0 amide bonds. The van der Waals surface area contributed by atoms with E-state index in [1.54, 1.807) is 38.1 Å². The van der Waals surface area contributed by atoms with E-state index in [2.05, 4.69) is 33.6 Å². The topological polar surface area (TPSA) is 61.6 Å². The van der Waals surface area contributed by atoms with Gasteiger partial charge in [-0.25, -0.2) is 13.8 Å². The fourth-order valence-electron chi connectivity index (χ4n) is 2.69. The molecule has 0 spiro atoms. The zero-order valence-corrected chi connectivity index (χ0v) is 22.9. The first-order chi connectivity index (χ1) is 17.8. The molecule has 0 atom stereocenters. The molecule has 0 aliphatic carbocycles. The Morgan fingerprint density at radius 2 is 1.66 bits per heavy atom. The molecule has 0 unspecified atom stereocenters. The van der Waals surface area contributed by atoms with Gasteiger partial charge in [0.25, 0.3) is 0 Å². The molecule has 0 saturated carbocycles. The number of hydrogen-bond donors (Lipinski definition) is 1. The van der Waals surface area contributed by atoms with Crippen molar-refractivity contribution in [3.8, 4) is 0 Å². The van der Waals surface area contributed by atoms with E-state index in [-0.39, 0.29) is 24.5 Å². The summed E-state index contributed by atoms with van der Waals surface area (Å²) in [4.78, 5) is 12.9. The van der Waals surface area contributed by atoms with E-state index in [1.807, 2.05) is 13.8 Å². The van der Waals surface area contributed by atoms with Gasteiger partial charge in [0.2, 0.25) is 0 Å². The third kappa shape index (κ3) is 11.1. The largest absolute Gasteiger partial charge is 0.497 e. The number of aliphatic imine (C=N–C) groups is 3. The Bertz CT molecular complexity index is 1090. The van der Waals surface area contributed by atoms with Gasteiger partial charge in [0.1, 0.15) is 29.8 Å². The van der Waals surface area contributed by atoms with E-state index in [4.69, 9.17) is 4.74 Å². The molecular weight excluding hydrogens is 505 g/mol. The van der Waals surface area contributed by atoms with E-state index < -0.39 is 23.5 Å². The summed E-state index contributed by atoms with van der Waals surface area (Å²) in [6.45, 7) is 14.1. The summed E-state index contributed by atoms with van der Waals surface area (Å²) in [6.07, 6.45) is -4.49. The Hall–Kier alpha value is -3.76. The third-order valence-corrected chi connectivity index (χ3v) is 4.88. The van der Waals surface area contributed by atoms with Crippen LogP contribution in [-0.4, -0.2) is 52.3 Å². The minimum absolute atomic E-state index is 0.0375. The van der Waals surface area contributed by atoms with E-state index in [0.717, 1.165) is 6.92 Å². The van der Waals surface area contributed by atoms with Crippen molar-refractivity contribution in [1.29, 1.82) is 0 Å². The van der Waals surface area contributed by atoms with Gasteiger partial charge >= 0.3 is 6.18 Å². The molecule has 2 aromatic carbocycles. The first kappa shape index (κ1) is 34.2. The highest BCUT2D eigenvalue weighted by Crippen LogP contribution is 2.33. The average molecular weight is 542 g/mol. The zero-order valence-electron chi connectivity index (χ0n) is 22.9. The van der Waals surface area contributed by atoms with Crippen LogP contribution in [0.1, 0.15) is 38.8 Å². The Kier molecular flexibility index (Phi) is 15.2. The van der Waals surface area contributed by atoms with Gasteiger partial charge in [-0.2, -0.15) is 13.2 Å². The molecule has 0 aliphatic rings. The molecule has 1 N–H and O–H groups in total. The van der Waals surface area contributed by atoms with Crippen molar-refractivity contribution in [1.82, 2.24) is 5.32 Å². The molecule has 0 aliphatic heterocycles.